The van der Waals surface area contributed by atoms with Crippen LogP contribution in [0.2, 0.25) is 0 Å². The molecule has 0 radical (unpaired) electrons. The first-order valence-corrected chi connectivity index (χ1v) is 10.8. The highest BCUT2D eigenvalue weighted by atomic mass is 35.5. The molecule has 1 saturated heterocycles. The number of nitrogens with zero attached hydrogens (tertiary/aromatic N) is 1. The summed E-state index contributed by atoms with van der Waals surface area (Å²) < 4.78 is 5.36. The van der Waals surface area contributed by atoms with Crippen LogP contribution < -0.4 is 16.4 Å². The molecule has 3 rings (SSSR count). The predicted molar refractivity (Wildman–Crippen MR) is 127 cm³/mol. The van der Waals surface area contributed by atoms with Crippen LogP contribution in [-0.2, 0) is 20.7 Å². The van der Waals surface area contributed by atoms with Crippen LogP contribution in [0.15, 0.2) is 30.3 Å². The van der Waals surface area contributed by atoms with Crippen LogP contribution in [0, 0.1) is 0 Å². The van der Waals surface area contributed by atoms with Gasteiger partial charge in [-0.1, -0.05) is 43.2 Å². The number of carbonyl (C=O) groups excluding carboxylic acids is 2. The molecule has 4 N–H and O–H groups in total. The van der Waals surface area contributed by atoms with Crippen molar-refractivity contribution in [2.45, 2.75) is 50.1 Å². The summed E-state index contributed by atoms with van der Waals surface area (Å²) in [6.45, 7) is 4.96. The second-order valence-corrected chi connectivity index (χ2v) is 8.18. The average molecular weight is 475 g/mol. The maximum absolute atomic E-state index is 12.9. The number of carbonyl (C=O) groups is 2. The third kappa shape index (κ3) is 8.58. The van der Waals surface area contributed by atoms with Gasteiger partial charge < -0.3 is 21.1 Å². The molecule has 1 atom stereocenters. The van der Waals surface area contributed by atoms with Crippen molar-refractivity contribution in [1.29, 1.82) is 0 Å². The van der Waals surface area contributed by atoms with Crippen LogP contribution in [0.5, 0.6) is 0 Å². The van der Waals surface area contributed by atoms with Gasteiger partial charge in [0.15, 0.2) is 0 Å². The van der Waals surface area contributed by atoms with Crippen molar-refractivity contribution < 1.29 is 14.3 Å². The molecule has 0 bridgehead atoms. The van der Waals surface area contributed by atoms with E-state index in [-0.39, 0.29) is 36.6 Å². The summed E-state index contributed by atoms with van der Waals surface area (Å²) in [5, 5.41) is 5.93. The van der Waals surface area contributed by atoms with Crippen LogP contribution in [0.3, 0.4) is 0 Å². The standard InChI is InChI=1S/C22H34N4O3.2ClH/c23-22(9-4-5-10-22)21(28)25-19(17-18-7-2-1-3-8-18)20(27)24-11-6-12-26-13-15-29-16-14-26;;/h1-3,7-8,19H,4-6,9-17,23H2,(H,24,27)(H,25,28);2*1H/t19-;;/m1../s1. The molecule has 176 valence electrons. The second-order valence-electron chi connectivity index (χ2n) is 8.18. The van der Waals surface area contributed by atoms with E-state index in [0.29, 0.717) is 25.8 Å². The minimum Gasteiger partial charge on any atom is -0.379 e. The van der Waals surface area contributed by atoms with Gasteiger partial charge in [0.25, 0.3) is 0 Å². The lowest BCUT2D eigenvalue weighted by molar-refractivity contribution is -0.131. The van der Waals surface area contributed by atoms with E-state index in [2.05, 4.69) is 15.5 Å². The first-order chi connectivity index (χ1) is 14.1. The summed E-state index contributed by atoms with van der Waals surface area (Å²) in [4.78, 5) is 28.0. The second kappa shape index (κ2) is 13.9. The van der Waals surface area contributed by atoms with Gasteiger partial charge >= 0.3 is 0 Å². The monoisotopic (exact) mass is 474 g/mol. The number of benzene rings is 1. The molecule has 2 amide bonds. The molecule has 0 unspecified atom stereocenters. The maximum Gasteiger partial charge on any atom is 0.242 e. The van der Waals surface area contributed by atoms with Crippen molar-refractivity contribution in [2.75, 3.05) is 39.4 Å². The van der Waals surface area contributed by atoms with E-state index in [4.69, 9.17) is 10.5 Å². The number of amides is 2. The highest BCUT2D eigenvalue weighted by Crippen LogP contribution is 2.27. The van der Waals surface area contributed by atoms with Gasteiger partial charge in [0.05, 0.1) is 18.8 Å². The van der Waals surface area contributed by atoms with Crippen LogP contribution in [0.1, 0.15) is 37.7 Å². The fourth-order valence-electron chi connectivity index (χ4n) is 4.06. The van der Waals surface area contributed by atoms with E-state index >= 15 is 0 Å². The van der Waals surface area contributed by atoms with Crippen molar-refractivity contribution in [1.82, 2.24) is 15.5 Å². The minimum absolute atomic E-state index is 0. The van der Waals surface area contributed by atoms with Crippen molar-refractivity contribution in [3.05, 3.63) is 35.9 Å². The molecule has 7 nitrogen and oxygen atoms in total. The third-order valence-corrected chi connectivity index (χ3v) is 5.91. The number of rotatable bonds is 9. The third-order valence-electron chi connectivity index (χ3n) is 5.91. The largest absolute Gasteiger partial charge is 0.379 e. The molecule has 1 heterocycles. The van der Waals surface area contributed by atoms with Gasteiger partial charge in [-0.15, -0.1) is 24.8 Å². The zero-order chi connectivity index (χ0) is 20.5. The normalized spacial score (nSPS) is 18.9. The number of hydrogen-bond acceptors (Lipinski definition) is 5. The fraction of sp³-hybridized carbons (Fsp3) is 0.636. The van der Waals surface area contributed by atoms with E-state index in [9.17, 15) is 9.59 Å². The fourth-order valence-corrected chi connectivity index (χ4v) is 4.06. The van der Waals surface area contributed by atoms with Gasteiger partial charge in [-0.25, -0.2) is 0 Å². The molecule has 1 aliphatic heterocycles. The molecule has 9 heteroatoms. The molecule has 31 heavy (non-hydrogen) atoms. The summed E-state index contributed by atoms with van der Waals surface area (Å²) >= 11 is 0. The summed E-state index contributed by atoms with van der Waals surface area (Å²) in [5.74, 6) is -0.356. The van der Waals surface area contributed by atoms with Gasteiger partial charge in [0.1, 0.15) is 6.04 Å². The Morgan fingerprint density at radius 3 is 2.39 bits per heavy atom. The molecular weight excluding hydrogens is 439 g/mol. The molecule has 2 fully saturated rings. The van der Waals surface area contributed by atoms with E-state index in [1.54, 1.807) is 0 Å². The van der Waals surface area contributed by atoms with Crippen molar-refractivity contribution in [2.24, 2.45) is 5.73 Å². The number of ether oxygens (including phenoxy) is 1. The lowest BCUT2D eigenvalue weighted by Gasteiger charge is -2.27. The van der Waals surface area contributed by atoms with Crippen LogP contribution in [0.25, 0.3) is 0 Å². The van der Waals surface area contributed by atoms with Gasteiger partial charge in [-0.2, -0.15) is 0 Å². The summed E-state index contributed by atoms with van der Waals surface area (Å²) in [7, 11) is 0. The Hall–Kier alpha value is -1.38. The Morgan fingerprint density at radius 2 is 1.74 bits per heavy atom. The number of nitrogens with one attached hydrogen (secondary N) is 2. The summed E-state index contributed by atoms with van der Waals surface area (Å²) in [6, 6.07) is 9.15. The molecule has 2 aliphatic rings. The van der Waals surface area contributed by atoms with Gasteiger partial charge in [-0.3, -0.25) is 14.5 Å². The Labute approximate surface area is 197 Å². The zero-order valence-corrected chi connectivity index (χ0v) is 19.6. The van der Waals surface area contributed by atoms with Crippen LogP contribution >= 0.6 is 24.8 Å². The van der Waals surface area contributed by atoms with E-state index in [1.807, 2.05) is 30.3 Å². The van der Waals surface area contributed by atoms with Crippen molar-refractivity contribution in [3.8, 4) is 0 Å². The molecule has 1 aliphatic carbocycles. The van der Waals surface area contributed by atoms with Crippen LogP contribution in [-0.4, -0.2) is 67.7 Å². The van der Waals surface area contributed by atoms with E-state index < -0.39 is 11.6 Å². The number of nitrogens with two attached hydrogens (primary N) is 1. The SMILES string of the molecule is Cl.Cl.NC1(C(=O)N[C@H](Cc2ccccc2)C(=O)NCCCN2CCOCC2)CCCC1. The quantitative estimate of drug-likeness (QED) is 0.473. The van der Waals surface area contributed by atoms with E-state index in [0.717, 1.165) is 57.7 Å². The predicted octanol–water partition coefficient (Wildman–Crippen LogP) is 1.67. The first kappa shape index (κ1) is 27.7. The highest BCUT2D eigenvalue weighted by Gasteiger charge is 2.38. The number of morpholine rings is 1. The zero-order valence-electron chi connectivity index (χ0n) is 18.0. The lowest BCUT2D eigenvalue weighted by Crippen LogP contribution is -2.58. The van der Waals surface area contributed by atoms with Gasteiger partial charge in [0, 0.05) is 26.1 Å². The van der Waals surface area contributed by atoms with Gasteiger partial charge in [-0.05, 0) is 31.4 Å². The molecule has 1 saturated carbocycles. The number of halogens is 2. The van der Waals surface area contributed by atoms with Crippen molar-refractivity contribution in [3.63, 3.8) is 0 Å². The first-order valence-electron chi connectivity index (χ1n) is 10.8. The minimum atomic E-state index is -0.842. The Kier molecular flexibility index (Phi) is 12.4. The van der Waals surface area contributed by atoms with Gasteiger partial charge in [0.2, 0.25) is 11.8 Å². The topological polar surface area (TPSA) is 96.7 Å². The van der Waals surface area contributed by atoms with Crippen LogP contribution in [0.4, 0.5) is 0 Å². The average Bonchev–Trinajstić information content (AvgIpc) is 3.20. The smallest absolute Gasteiger partial charge is 0.242 e. The molecule has 0 aromatic heterocycles. The maximum atomic E-state index is 12.9. The van der Waals surface area contributed by atoms with E-state index in [1.165, 1.54) is 0 Å². The lowest BCUT2D eigenvalue weighted by atomic mass is 9.96. The molecular formula is C22H36Cl2N4O3. The van der Waals surface area contributed by atoms with Crippen molar-refractivity contribution >= 4 is 36.6 Å². The Balaban J connectivity index is 0.00000240. The Morgan fingerprint density at radius 1 is 1.10 bits per heavy atom. The molecule has 0 spiro atoms. The Bertz CT molecular complexity index is 666. The number of hydrogen-bond donors (Lipinski definition) is 3. The molecule has 1 aromatic rings. The molecule has 1 aromatic carbocycles. The summed E-state index contributed by atoms with van der Waals surface area (Å²) in [6.07, 6.45) is 4.61. The highest BCUT2D eigenvalue weighted by molar-refractivity contribution is 5.92. The summed E-state index contributed by atoms with van der Waals surface area (Å²) in [5.41, 5.74) is 6.46.